The van der Waals surface area contributed by atoms with Crippen LogP contribution >= 0.6 is 10.2 Å². The molecule has 0 fully saturated rings. The molecule has 1 heterocycles. The van der Waals surface area contributed by atoms with Crippen molar-refractivity contribution in [2.24, 2.45) is 0 Å². The van der Waals surface area contributed by atoms with Crippen LogP contribution in [0.4, 0.5) is 37.4 Å². The van der Waals surface area contributed by atoms with Gasteiger partial charge in [0.15, 0.2) is 6.10 Å². The number of nitrogens with zero attached hydrogens (tertiary/aromatic N) is 2. The van der Waals surface area contributed by atoms with Crippen LogP contribution in [0.2, 0.25) is 0 Å². The van der Waals surface area contributed by atoms with Crippen LogP contribution in [0.1, 0.15) is 18.1 Å². The molecule has 232 valence electrons. The monoisotopic (exact) mass is 636 g/mol. The van der Waals surface area contributed by atoms with E-state index in [2.05, 4.69) is 28.6 Å². The molecule has 0 saturated carbocycles. The Balaban J connectivity index is 2.28. The lowest BCUT2D eigenvalue weighted by molar-refractivity contribution is -0.768. The molecule has 2 rings (SSSR count). The highest BCUT2D eigenvalue weighted by Crippen LogP contribution is 3.02. The molecule has 0 aliphatic carbocycles. The fourth-order valence-electron chi connectivity index (χ4n) is 3.04. The number of carbonyl (C=O) groups is 2. The van der Waals surface area contributed by atoms with E-state index in [1.54, 1.807) is 0 Å². The second kappa shape index (κ2) is 10.6. The van der Waals surface area contributed by atoms with Gasteiger partial charge >= 0.3 is 28.5 Å². The molecule has 1 unspecified atom stereocenters. The first-order valence-corrected chi connectivity index (χ1v) is 12.3. The van der Waals surface area contributed by atoms with Gasteiger partial charge in [-0.25, -0.2) is 9.59 Å². The Labute approximate surface area is 221 Å². The number of hydrogen-bond donors (Lipinski definition) is 0. The molecule has 2 atom stereocenters. The number of esters is 1. The van der Waals surface area contributed by atoms with E-state index in [1.165, 1.54) is 0 Å². The molecule has 41 heavy (non-hydrogen) atoms. The van der Waals surface area contributed by atoms with Crippen molar-refractivity contribution >= 4 is 28.4 Å². The Morgan fingerprint density at radius 1 is 1.00 bits per heavy atom. The van der Waals surface area contributed by atoms with E-state index in [4.69, 9.17) is 0 Å². The summed E-state index contributed by atoms with van der Waals surface area (Å²) in [5.41, 5.74) is -3.27. The zero-order chi connectivity index (χ0) is 31.6. The maximum Gasteiger partial charge on any atom is 0.511 e. The molecule has 0 N–H and O–H groups in total. The van der Waals surface area contributed by atoms with Gasteiger partial charge in [-0.2, -0.15) is 13.2 Å². The topological polar surface area (TPSA) is 176 Å². The second-order valence-corrected chi connectivity index (χ2v) is 10.3. The van der Waals surface area contributed by atoms with Crippen molar-refractivity contribution < 1.29 is 81.0 Å². The summed E-state index contributed by atoms with van der Waals surface area (Å²) >= 11 is 0. The van der Waals surface area contributed by atoms with E-state index < -0.39 is 97.8 Å². The predicted octanol–water partition coefficient (Wildman–Crippen LogP) is 5.19. The Bertz CT molecular complexity index is 1250. The molecule has 1 aromatic carbocycles. The number of alkyl halides is 3. The first kappa shape index (κ1) is 32.9. The molecular weight excluding hydrogens is 620 g/mol. The van der Waals surface area contributed by atoms with Crippen LogP contribution in [0, 0.1) is 27.2 Å². The van der Waals surface area contributed by atoms with Crippen molar-refractivity contribution in [1.82, 2.24) is 0 Å². The fourth-order valence-corrected chi connectivity index (χ4v) is 3.79. The van der Waals surface area contributed by atoms with Gasteiger partial charge in [0.2, 0.25) is 12.4 Å². The van der Waals surface area contributed by atoms with Gasteiger partial charge in [-0.05, 0) is 30.7 Å². The van der Waals surface area contributed by atoms with Gasteiger partial charge < -0.3 is 28.6 Å². The Morgan fingerprint density at radius 3 is 2.00 bits per heavy atom. The van der Waals surface area contributed by atoms with Gasteiger partial charge in [0.05, 0.1) is 5.57 Å². The average Bonchev–Trinajstić information content (AvgIpc) is 2.77. The van der Waals surface area contributed by atoms with Crippen LogP contribution in [0.25, 0.3) is 6.08 Å². The molecule has 0 radical (unpaired) electrons. The van der Waals surface area contributed by atoms with Crippen molar-refractivity contribution in [3.8, 4) is 5.75 Å². The van der Waals surface area contributed by atoms with E-state index in [0.717, 1.165) is 13.8 Å². The quantitative estimate of drug-likeness (QED) is 0.102. The Hall–Kier alpha value is -4.31. The molecular formula is C18H16F8N2O12S. The minimum atomic E-state index is -10.3. The molecule has 1 aliphatic rings. The summed E-state index contributed by atoms with van der Waals surface area (Å²) in [4.78, 5) is 50.1. The zero-order valence-electron chi connectivity index (χ0n) is 20.1. The number of carbonyl (C=O) groups excluding carboxylic acids is 2. The lowest BCUT2D eigenvalue weighted by atomic mass is 9.99. The number of halogens is 8. The molecule has 14 nitrogen and oxygen atoms in total. The van der Waals surface area contributed by atoms with Crippen molar-refractivity contribution in [2.75, 3.05) is 13.2 Å². The maximum atomic E-state index is 13.6. The lowest BCUT2D eigenvalue weighted by Crippen LogP contribution is -2.41. The smallest absolute Gasteiger partial charge is 0.475 e. The van der Waals surface area contributed by atoms with Crippen LogP contribution in [-0.2, 0) is 28.7 Å². The normalized spacial score (nSPS) is 17.4. The van der Waals surface area contributed by atoms with E-state index in [-0.39, 0.29) is 18.2 Å². The van der Waals surface area contributed by atoms with Crippen molar-refractivity contribution in [2.45, 2.75) is 43.4 Å². The summed E-state index contributed by atoms with van der Waals surface area (Å²) in [6.07, 6.45) is -14.2. The lowest BCUT2D eigenvalue weighted by Gasteiger charge is -2.41. The number of aryl methyl sites for hydroxylation is 1. The highest BCUT2D eigenvalue weighted by atomic mass is 32.5. The highest BCUT2D eigenvalue weighted by Gasteiger charge is 2.65. The largest absolute Gasteiger partial charge is 0.511 e. The molecule has 0 amide bonds. The van der Waals surface area contributed by atoms with Gasteiger partial charge in [-0.1, -0.05) is 19.4 Å². The Morgan fingerprint density at radius 2 is 1.54 bits per heavy atom. The summed E-state index contributed by atoms with van der Waals surface area (Å²) in [7, 11) is -10.3. The van der Waals surface area contributed by atoms with Crippen molar-refractivity contribution in [1.29, 1.82) is 0 Å². The molecule has 0 aromatic heterocycles. The highest BCUT2D eigenvalue weighted by molar-refractivity contribution is 8.45. The van der Waals surface area contributed by atoms with Crippen molar-refractivity contribution in [3.05, 3.63) is 49.1 Å². The number of fused-ring (bicyclic) bond motifs is 1. The molecule has 1 aliphatic heterocycles. The summed E-state index contributed by atoms with van der Waals surface area (Å²) in [5, 5.41) is 17.8. The number of hydrogen-bond acceptors (Lipinski definition) is 12. The minimum Gasteiger partial charge on any atom is -0.475 e. The summed E-state index contributed by atoms with van der Waals surface area (Å²) in [5.74, 6) is -2.87. The van der Waals surface area contributed by atoms with E-state index >= 15 is 0 Å². The molecule has 1 aromatic rings. The third-order valence-corrected chi connectivity index (χ3v) is 5.74. The van der Waals surface area contributed by atoms with Crippen molar-refractivity contribution in [3.63, 3.8) is 0 Å². The van der Waals surface area contributed by atoms with Crippen LogP contribution in [0.3, 0.4) is 0 Å². The van der Waals surface area contributed by atoms with Crippen LogP contribution < -0.4 is 4.74 Å². The third-order valence-electron chi connectivity index (χ3n) is 4.61. The summed E-state index contributed by atoms with van der Waals surface area (Å²) in [6, 6.07) is -0.339. The van der Waals surface area contributed by atoms with Crippen LogP contribution in [0.5, 0.6) is 5.75 Å². The number of rotatable bonds is 11. The van der Waals surface area contributed by atoms with Gasteiger partial charge in [0.25, 0.3) is 10.2 Å². The third kappa shape index (κ3) is 9.39. The number of benzene rings is 1. The Kier molecular flexibility index (Phi) is 8.50. The van der Waals surface area contributed by atoms with Crippen LogP contribution in [-0.4, -0.2) is 60.2 Å². The van der Waals surface area contributed by atoms with Gasteiger partial charge in [0.1, 0.15) is 23.9 Å². The predicted molar refractivity (Wildman–Crippen MR) is 114 cm³/mol. The molecule has 0 bridgehead atoms. The first-order valence-electron chi connectivity index (χ1n) is 10.3. The summed E-state index contributed by atoms with van der Waals surface area (Å²) in [6.45, 7) is -0.728. The standard InChI is InChI=1S/C18H16F8N2O12S/c1-8-3-12(41(22,23,24,25)26)4-10-5-13(15(18(19,20)21)40-14(8)10)16(29)37-9(2)38-17(30)39-11(6-35-27(31)32)7-36-28(33)34/h3-5,9,11,15H,6-7H2,1-2H3/t9?,15-/m0/s1. The zero-order valence-corrected chi connectivity index (χ0v) is 20.9. The van der Waals surface area contributed by atoms with Gasteiger partial charge in [-0.3, -0.25) is 0 Å². The average molecular weight is 636 g/mol. The molecule has 0 saturated heterocycles. The van der Waals surface area contributed by atoms with Gasteiger partial charge in [-0.15, -0.1) is 20.2 Å². The molecule has 23 heteroatoms. The van der Waals surface area contributed by atoms with E-state index in [0.29, 0.717) is 0 Å². The summed E-state index contributed by atoms with van der Waals surface area (Å²) < 4.78 is 125. The number of ether oxygens (including phenoxy) is 4. The van der Waals surface area contributed by atoms with Gasteiger partial charge in [0, 0.05) is 12.5 Å². The van der Waals surface area contributed by atoms with E-state index in [9.17, 15) is 62.4 Å². The first-order chi connectivity index (χ1) is 18.4. The van der Waals surface area contributed by atoms with Crippen LogP contribution in [0.15, 0.2) is 22.6 Å². The SMILES string of the molecule is Cc1cc(S(F)(F)(F)(F)F)cc2c1O[C@H](C(F)(F)F)C(C(=O)OC(C)OC(=O)OC(CO[N+](=O)[O-])CO[N+](=O)[O-])=C2. The fraction of sp³-hybridized carbons (Fsp3) is 0.444. The minimum absolute atomic E-state index is 0.118. The van der Waals surface area contributed by atoms with E-state index in [1.807, 2.05) is 0 Å². The maximum absolute atomic E-state index is 13.6. The molecule has 0 spiro atoms. The second-order valence-electron chi connectivity index (χ2n) is 7.89.